The lowest BCUT2D eigenvalue weighted by Gasteiger charge is -2.34. The van der Waals surface area contributed by atoms with Crippen molar-refractivity contribution in [2.24, 2.45) is 0 Å². The third-order valence-electron chi connectivity index (χ3n) is 5.22. The first-order chi connectivity index (χ1) is 15.0. The molecule has 2 heterocycles. The fourth-order valence-corrected chi connectivity index (χ4v) is 3.43. The minimum absolute atomic E-state index is 0.000764. The highest BCUT2D eigenvalue weighted by molar-refractivity contribution is 5.78. The number of hydrogen-bond acceptors (Lipinski definition) is 6. The molecule has 1 aliphatic heterocycles. The topological polar surface area (TPSA) is 76.4 Å². The van der Waals surface area contributed by atoms with Crippen LogP contribution in [-0.4, -0.2) is 68.7 Å². The van der Waals surface area contributed by atoms with E-state index in [9.17, 15) is 13.6 Å². The summed E-state index contributed by atoms with van der Waals surface area (Å²) in [6.07, 6.45) is 0. The molecule has 31 heavy (non-hydrogen) atoms. The fraction of sp³-hybridized carbons (Fsp3) is 0.333. The molecule has 1 aromatic heterocycles. The lowest BCUT2D eigenvalue weighted by molar-refractivity contribution is -0.135. The van der Waals surface area contributed by atoms with Gasteiger partial charge in [-0.05, 0) is 41.1 Å². The van der Waals surface area contributed by atoms with E-state index in [1.54, 1.807) is 4.90 Å². The quantitative estimate of drug-likeness (QED) is 0.598. The van der Waals surface area contributed by atoms with Gasteiger partial charge in [-0.15, -0.1) is 5.10 Å². The van der Waals surface area contributed by atoms with E-state index in [0.29, 0.717) is 50.0 Å². The Kier molecular flexibility index (Phi) is 6.17. The number of tetrazole rings is 1. The van der Waals surface area contributed by atoms with Gasteiger partial charge < -0.3 is 9.64 Å². The van der Waals surface area contributed by atoms with Crippen molar-refractivity contribution >= 4 is 5.91 Å². The van der Waals surface area contributed by atoms with Crippen LogP contribution in [0.5, 0.6) is 5.75 Å². The number of piperazine rings is 1. The molecule has 0 unspecified atom stereocenters. The number of aromatic nitrogens is 4. The van der Waals surface area contributed by atoms with E-state index < -0.39 is 11.6 Å². The maximum Gasteiger partial charge on any atom is 0.260 e. The molecule has 2 aromatic carbocycles. The lowest BCUT2D eigenvalue weighted by Crippen LogP contribution is -2.49. The number of carbonyl (C=O) groups excluding carboxylic acids is 1. The third kappa shape index (κ3) is 4.85. The van der Waals surface area contributed by atoms with Crippen molar-refractivity contribution in [2.75, 3.05) is 32.8 Å². The van der Waals surface area contributed by atoms with E-state index >= 15 is 0 Å². The molecule has 0 aliphatic carbocycles. The second kappa shape index (κ2) is 9.17. The Morgan fingerprint density at radius 1 is 1.06 bits per heavy atom. The van der Waals surface area contributed by atoms with E-state index in [0.717, 1.165) is 17.7 Å². The van der Waals surface area contributed by atoms with Crippen molar-refractivity contribution in [1.82, 2.24) is 30.0 Å². The van der Waals surface area contributed by atoms with E-state index in [-0.39, 0.29) is 12.5 Å². The van der Waals surface area contributed by atoms with E-state index in [4.69, 9.17) is 4.74 Å². The standard InChI is InChI=1S/C21H22F2N6O2/c1-15-4-2-3-5-19(15)31-14-21(30)28-10-8-27(9-11-28)13-20-24-25-26-29(20)16-6-7-17(22)18(23)12-16/h2-7,12H,8-11,13-14H2,1H3. The normalized spacial score (nSPS) is 14.6. The number of nitrogens with zero attached hydrogens (tertiary/aromatic N) is 6. The molecule has 4 rings (SSSR count). The van der Waals surface area contributed by atoms with Gasteiger partial charge in [0.2, 0.25) is 0 Å². The predicted octanol–water partition coefficient (Wildman–Crippen LogP) is 1.97. The van der Waals surface area contributed by atoms with Crippen molar-refractivity contribution in [3.05, 3.63) is 65.5 Å². The average molecular weight is 428 g/mol. The van der Waals surface area contributed by atoms with Crippen LogP contribution >= 0.6 is 0 Å². The number of benzene rings is 2. The number of halogens is 2. The van der Waals surface area contributed by atoms with Crippen LogP contribution in [0.25, 0.3) is 5.69 Å². The molecule has 0 saturated carbocycles. The minimum Gasteiger partial charge on any atom is -0.484 e. The Hall–Kier alpha value is -3.40. The number of aryl methyl sites for hydroxylation is 1. The molecule has 1 saturated heterocycles. The van der Waals surface area contributed by atoms with Crippen molar-refractivity contribution in [1.29, 1.82) is 0 Å². The lowest BCUT2D eigenvalue weighted by atomic mass is 10.2. The molecule has 10 heteroatoms. The van der Waals surface area contributed by atoms with Gasteiger partial charge in [-0.1, -0.05) is 18.2 Å². The molecule has 1 fully saturated rings. The summed E-state index contributed by atoms with van der Waals surface area (Å²) < 4.78 is 33.8. The van der Waals surface area contributed by atoms with Crippen molar-refractivity contribution in [3.63, 3.8) is 0 Å². The number of carbonyl (C=O) groups is 1. The maximum absolute atomic E-state index is 13.6. The van der Waals surface area contributed by atoms with Crippen LogP contribution in [0.4, 0.5) is 8.78 Å². The number of rotatable bonds is 6. The number of amides is 1. The van der Waals surface area contributed by atoms with E-state index in [1.165, 1.54) is 10.7 Å². The zero-order chi connectivity index (χ0) is 21.8. The molecular weight excluding hydrogens is 406 g/mol. The summed E-state index contributed by atoms with van der Waals surface area (Å²) in [6, 6.07) is 11.1. The minimum atomic E-state index is -0.959. The molecule has 3 aromatic rings. The Morgan fingerprint density at radius 3 is 2.58 bits per heavy atom. The van der Waals surface area contributed by atoms with Crippen molar-refractivity contribution in [2.45, 2.75) is 13.5 Å². The monoisotopic (exact) mass is 428 g/mol. The highest BCUT2D eigenvalue weighted by Crippen LogP contribution is 2.17. The predicted molar refractivity (Wildman–Crippen MR) is 108 cm³/mol. The average Bonchev–Trinajstić information content (AvgIpc) is 3.23. The molecule has 8 nitrogen and oxygen atoms in total. The molecule has 1 aliphatic rings. The van der Waals surface area contributed by atoms with Gasteiger partial charge in [0.25, 0.3) is 5.91 Å². The molecule has 0 bridgehead atoms. The Balaban J connectivity index is 1.31. The third-order valence-corrected chi connectivity index (χ3v) is 5.22. The summed E-state index contributed by atoms with van der Waals surface area (Å²) in [4.78, 5) is 16.4. The van der Waals surface area contributed by atoms with Crippen LogP contribution in [0.3, 0.4) is 0 Å². The second-order valence-electron chi connectivity index (χ2n) is 7.32. The van der Waals surface area contributed by atoms with Gasteiger partial charge in [0.15, 0.2) is 24.1 Å². The summed E-state index contributed by atoms with van der Waals surface area (Å²) in [6.45, 7) is 4.76. The zero-order valence-corrected chi connectivity index (χ0v) is 17.0. The maximum atomic E-state index is 13.6. The van der Waals surface area contributed by atoms with Gasteiger partial charge in [0.1, 0.15) is 5.75 Å². The summed E-state index contributed by atoms with van der Waals surface area (Å²) in [5.74, 6) is -0.730. The summed E-state index contributed by atoms with van der Waals surface area (Å²) in [5.41, 5.74) is 1.33. The molecule has 0 spiro atoms. The Morgan fingerprint density at radius 2 is 1.84 bits per heavy atom. The molecule has 0 radical (unpaired) electrons. The number of ether oxygens (including phenoxy) is 1. The zero-order valence-electron chi connectivity index (χ0n) is 17.0. The van der Waals surface area contributed by atoms with Gasteiger partial charge in [-0.2, -0.15) is 4.68 Å². The molecule has 162 valence electrons. The van der Waals surface area contributed by atoms with Crippen LogP contribution in [0.1, 0.15) is 11.4 Å². The molecular formula is C21H22F2N6O2. The fourth-order valence-electron chi connectivity index (χ4n) is 3.43. The smallest absolute Gasteiger partial charge is 0.260 e. The van der Waals surface area contributed by atoms with E-state index in [2.05, 4.69) is 20.4 Å². The van der Waals surface area contributed by atoms with Gasteiger partial charge in [-0.25, -0.2) is 8.78 Å². The van der Waals surface area contributed by atoms with Crippen LogP contribution < -0.4 is 4.74 Å². The van der Waals surface area contributed by atoms with Crippen molar-refractivity contribution < 1.29 is 18.3 Å². The summed E-state index contributed by atoms with van der Waals surface area (Å²) in [5, 5.41) is 11.6. The van der Waals surface area contributed by atoms with Crippen LogP contribution in [-0.2, 0) is 11.3 Å². The molecule has 0 N–H and O–H groups in total. The van der Waals surface area contributed by atoms with Gasteiger partial charge >= 0.3 is 0 Å². The first-order valence-corrected chi connectivity index (χ1v) is 9.92. The summed E-state index contributed by atoms with van der Waals surface area (Å²) >= 11 is 0. The number of para-hydroxylation sites is 1. The largest absolute Gasteiger partial charge is 0.484 e. The highest BCUT2D eigenvalue weighted by atomic mass is 19.2. The first-order valence-electron chi connectivity index (χ1n) is 9.92. The van der Waals surface area contributed by atoms with Gasteiger partial charge in [-0.3, -0.25) is 9.69 Å². The SMILES string of the molecule is Cc1ccccc1OCC(=O)N1CCN(Cc2nnnn2-c2ccc(F)c(F)c2)CC1. The van der Waals surface area contributed by atoms with Crippen LogP contribution in [0, 0.1) is 18.6 Å². The Labute approximate surface area is 178 Å². The van der Waals surface area contributed by atoms with E-state index in [1.807, 2.05) is 31.2 Å². The molecule has 1 amide bonds. The second-order valence-corrected chi connectivity index (χ2v) is 7.32. The molecule has 0 atom stereocenters. The number of hydrogen-bond donors (Lipinski definition) is 0. The van der Waals surface area contributed by atoms with Crippen LogP contribution in [0.2, 0.25) is 0 Å². The summed E-state index contributed by atoms with van der Waals surface area (Å²) in [7, 11) is 0. The first kappa shape index (κ1) is 20.9. The van der Waals surface area contributed by atoms with Gasteiger partial charge in [0.05, 0.1) is 12.2 Å². The van der Waals surface area contributed by atoms with Gasteiger partial charge in [0, 0.05) is 32.2 Å². The van der Waals surface area contributed by atoms with Crippen LogP contribution in [0.15, 0.2) is 42.5 Å². The highest BCUT2D eigenvalue weighted by Gasteiger charge is 2.23. The van der Waals surface area contributed by atoms with Crippen molar-refractivity contribution in [3.8, 4) is 11.4 Å². The Bertz CT molecular complexity index is 1070.